The highest BCUT2D eigenvalue weighted by atomic mass is 16.5. The van der Waals surface area contributed by atoms with Crippen molar-refractivity contribution in [1.82, 2.24) is 0 Å². The Kier molecular flexibility index (Phi) is 3.17. The number of ether oxygens (including phenoxy) is 1. The second kappa shape index (κ2) is 4.44. The van der Waals surface area contributed by atoms with Crippen LogP contribution in [-0.4, -0.2) is 11.9 Å². The van der Waals surface area contributed by atoms with Crippen molar-refractivity contribution in [3.63, 3.8) is 0 Å². The standard InChI is InChI=1S/C14H20O2/c1-9(2)7-11-8-10(3)14-12(15)5-4-6-13(14)16-11/h7,10-11H,4-6,8H2,1-3H3. The van der Waals surface area contributed by atoms with Gasteiger partial charge in [0.25, 0.3) is 0 Å². The average Bonchev–Trinajstić information content (AvgIpc) is 2.15. The van der Waals surface area contributed by atoms with E-state index in [0.717, 1.165) is 30.6 Å². The number of rotatable bonds is 1. The Labute approximate surface area is 97.4 Å². The SMILES string of the molecule is CC(C)=CC1CC(C)C2=C(CCCC2=O)O1. The molecule has 0 aromatic heterocycles. The molecule has 16 heavy (non-hydrogen) atoms. The fourth-order valence-corrected chi connectivity index (χ4v) is 2.68. The fraction of sp³-hybridized carbons (Fsp3) is 0.643. The van der Waals surface area contributed by atoms with Crippen molar-refractivity contribution >= 4 is 5.78 Å². The number of Topliss-reactive ketones (excluding diaryl/α,β-unsaturated/α-hetero) is 1. The first kappa shape index (κ1) is 11.4. The van der Waals surface area contributed by atoms with Gasteiger partial charge in [0.1, 0.15) is 11.9 Å². The smallest absolute Gasteiger partial charge is 0.162 e. The zero-order valence-corrected chi connectivity index (χ0v) is 10.4. The molecule has 2 aliphatic rings. The molecule has 0 radical (unpaired) electrons. The predicted molar refractivity (Wildman–Crippen MR) is 64.0 cm³/mol. The Bertz CT molecular complexity index is 359. The lowest BCUT2D eigenvalue weighted by Gasteiger charge is -2.33. The van der Waals surface area contributed by atoms with Crippen LogP contribution in [0.3, 0.4) is 0 Å². The van der Waals surface area contributed by atoms with E-state index < -0.39 is 0 Å². The Morgan fingerprint density at radius 2 is 2.12 bits per heavy atom. The zero-order chi connectivity index (χ0) is 11.7. The Morgan fingerprint density at radius 3 is 2.81 bits per heavy atom. The summed E-state index contributed by atoms with van der Waals surface area (Å²) in [5.74, 6) is 1.64. The van der Waals surface area contributed by atoms with Gasteiger partial charge in [-0.15, -0.1) is 0 Å². The van der Waals surface area contributed by atoms with Crippen LogP contribution in [0.15, 0.2) is 23.0 Å². The van der Waals surface area contributed by atoms with Gasteiger partial charge in [-0.2, -0.15) is 0 Å². The number of hydrogen-bond acceptors (Lipinski definition) is 2. The molecule has 2 heteroatoms. The van der Waals surface area contributed by atoms with E-state index in [9.17, 15) is 4.79 Å². The van der Waals surface area contributed by atoms with Gasteiger partial charge < -0.3 is 4.74 Å². The molecule has 88 valence electrons. The van der Waals surface area contributed by atoms with E-state index in [1.54, 1.807) is 0 Å². The first-order chi connectivity index (χ1) is 7.58. The second-order valence-corrected chi connectivity index (χ2v) is 5.15. The molecular weight excluding hydrogens is 200 g/mol. The highest BCUT2D eigenvalue weighted by Gasteiger charge is 2.32. The summed E-state index contributed by atoms with van der Waals surface area (Å²) in [4.78, 5) is 11.8. The minimum atomic E-state index is 0.171. The molecule has 0 saturated carbocycles. The molecule has 0 spiro atoms. The highest BCUT2D eigenvalue weighted by Crippen LogP contribution is 2.36. The second-order valence-electron chi connectivity index (χ2n) is 5.15. The van der Waals surface area contributed by atoms with Crippen molar-refractivity contribution in [2.24, 2.45) is 5.92 Å². The van der Waals surface area contributed by atoms with Crippen LogP contribution in [0.25, 0.3) is 0 Å². The molecule has 0 N–H and O–H groups in total. The molecular formula is C14H20O2. The van der Waals surface area contributed by atoms with Crippen LogP contribution in [0, 0.1) is 5.92 Å². The normalized spacial score (nSPS) is 29.6. The predicted octanol–water partition coefficient (Wildman–Crippen LogP) is 3.38. The van der Waals surface area contributed by atoms with Gasteiger partial charge in [-0.3, -0.25) is 4.79 Å². The van der Waals surface area contributed by atoms with Crippen LogP contribution >= 0.6 is 0 Å². The molecule has 0 saturated heterocycles. The van der Waals surface area contributed by atoms with Crippen LogP contribution in [0.5, 0.6) is 0 Å². The van der Waals surface area contributed by atoms with Crippen molar-refractivity contribution in [3.8, 4) is 0 Å². The first-order valence-corrected chi connectivity index (χ1v) is 6.16. The van der Waals surface area contributed by atoms with Crippen molar-refractivity contribution in [2.75, 3.05) is 0 Å². The summed E-state index contributed by atoms with van der Waals surface area (Å²) in [6.07, 6.45) is 5.88. The van der Waals surface area contributed by atoms with E-state index in [2.05, 4.69) is 26.8 Å². The Morgan fingerprint density at radius 1 is 1.38 bits per heavy atom. The molecule has 0 bridgehead atoms. The molecule has 2 nitrogen and oxygen atoms in total. The first-order valence-electron chi connectivity index (χ1n) is 6.16. The third-order valence-electron chi connectivity index (χ3n) is 3.30. The molecule has 1 aliphatic carbocycles. The number of ketones is 1. The molecule has 2 rings (SSSR count). The Balaban J connectivity index is 2.23. The number of hydrogen-bond donors (Lipinski definition) is 0. The summed E-state index contributed by atoms with van der Waals surface area (Å²) >= 11 is 0. The lowest BCUT2D eigenvalue weighted by molar-refractivity contribution is -0.117. The molecule has 0 aromatic rings. The van der Waals surface area contributed by atoms with Gasteiger partial charge in [0.2, 0.25) is 0 Å². The fourth-order valence-electron chi connectivity index (χ4n) is 2.68. The van der Waals surface area contributed by atoms with E-state index in [-0.39, 0.29) is 6.10 Å². The van der Waals surface area contributed by atoms with E-state index in [1.165, 1.54) is 5.57 Å². The zero-order valence-electron chi connectivity index (χ0n) is 10.4. The third-order valence-corrected chi connectivity index (χ3v) is 3.30. The van der Waals surface area contributed by atoms with Gasteiger partial charge in [0, 0.05) is 18.4 Å². The van der Waals surface area contributed by atoms with E-state index >= 15 is 0 Å². The maximum atomic E-state index is 11.8. The number of carbonyl (C=O) groups is 1. The molecule has 2 atom stereocenters. The quantitative estimate of drug-likeness (QED) is 0.633. The summed E-state index contributed by atoms with van der Waals surface area (Å²) < 4.78 is 5.92. The van der Waals surface area contributed by atoms with Gasteiger partial charge in [-0.25, -0.2) is 0 Å². The molecule has 0 aromatic carbocycles. The van der Waals surface area contributed by atoms with Crippen LogP contribution in [0.4, 0.5) is 0 Å². The average molecular weight is 220 g/mol. The summed E-state index contributed by atoms with van der Waals surface area (Å²) in [6.45, 7) is 6.32. The summed E-state index contributed by atoms with van der Waals surface area (Å²) in [6, 6.07) is 0. The Hall–Kier alpha value is -1.05. The van der Waals surface area contributed by atoms with Crippen molar-refractivity contribution in [2.45, 2.75) is 52.6 Å². The third kappa shape index (κ3) is 2.21. The van der Waals surface area contributed by atoms with Crippen molar-refractivity contribution in [1.29, 1.82) is 0 Å². The molecule has 0 amide bonds. The van der Waals surface area contributed by atoms with Gasteiger partial charge in [0.05, 0.1) is 0 Å². The monoisotopic (exact) mass is 220 g/mol. The molecule has 2 unspecified atom stereocenters. The molecule has 1 heterocycles. The van der Waals surface area contributed by atoms with Gasteiger partial charge in [0.15, 0.2) is 5.78 Å². The van der Waals surface area contributed by atoms with Gasteiger partial charge in [-0.1, -0.05) is 12.5 Å². The van der Waals surface area contributed by atoms with Crippen LogP contribution in [0.1, 0.15) is 46.5 Å². The van der Waals surface area contributed by atoms with E-state index in [0.29, 0.717) is 18.1 Å². The highest BCUT2D eigenvalue weighted by molar-refractivity contribution is 5.97. The summed E-state index contributed by atoms with van der Waals surface area (Å²) in [5, 5.41) is 0. The van der Waals surface area contributed by atoms with Crippen LogP contribution in [-0.2, 0) is 9.53 Å². The van der Waals surface area contributed by atoms with E-state index in [1.807, 2.05) is 0 Å². The lowest BCUT2D eigenvalue weighted by Crippen LogP contribution is -2.29. The van der Waals surface area contributed by atoms with E-state index in [4.69, 9.17) is 4.74 Å². The van der Waals surface area contributed by atoms with Crippen molar-refractivity contribution in [3.05, 3.63) is 23.0 Å². The minimum Gasteiger partial charge on any atom is -0.490 e. The lowest BCUT2D eigenvalue weighted by atomic mass is 9.82. The molecule has 0 fully saturated rings. The van der Waals surface area contributed by atoms with Gasteiger partial charge in [-0.05, 0) is 38.7 Å². The van der Waals surface area contributed by atoms with Crippen LogP contribution in [0.2, 0.25) is 0 Å². The number of allylic oxidation sites excluding steroid dienone is 3. The molecule has 1 aliphatic heterocycles. The van der Waals surface area contributed by atoms with Gasteiger partial charge >= 0.3 is 0 Å². The maximum Gasteiger partial charge on any atom is 0.162 e. The topological polar surface area (TPSA) is 26.3 Å². The summed E-state index contributed by atoms with van der Waals surface area (Å²) in [7, 11) is 0. The number of carbonyl (C=O) groups excluding carboxylic acids is 1. The maximum absolute atomic E-state index is 11.8. The van der Waals surface area contributed by atoms with Crippen molar-refractivity contribution < 1.29 is 9.53 Å². The largest absolute Gasteiger partial charge is 0.490 e. The minimum absolute atomic E-state index is 0.171. The van der Waals surface area contributed by atoms with Crippen LogP contribution < -0.4 is 0 Å². The summed E-state index contributed by atoms with van der Waals surface area (Å²) in [5.41, 5.74) is 2.26.